The van der Waals surface area contributed by atoms with Gasteiger partial charge in [0.25, 0.3) is 5.91 Å². The molecular weight excluding hydrogens is 488 g/mol. The van der Waals surface area contributed by atoms with E-state index in [1.54, 1.807) is 32.9 Å². The summed E-state index contributed by atoms with van der Waals surface area (Å²) < 4.78 is 38.0. The summed E-state index contributed by atoms with van der Waals surface area (Å²) in [6, 6.07) is 8.11. The third-order valence-electron chi connectivity index (χ3n) is 4.83. The van der Waals surface area contributed by atoms with Crippen LogP contribution in [0.5, 0.6) is 5.75 Å². The first-order valence-electron chi connectivity index (χ1n) is 11.5. The van der Waals surface area contributed by atoms with E-state index in [0.29, 0.717) is 12.8 Å². The van der Waals surface area contributed by atoms with Gasteiger partial charge in [-0.25, -0.2) is 13.6 Å². The number of ketones is 1. The van der Waals surface area contributed by atoms with Crippen molar-refractivity contribution in [1.82, 2.24) is 15.5 Å². The van der Waals surface area contributed by atoms with Crippen molar-refractivity contribution in [3.05, 3.63) is 59.7 Å². The maximum atomic E-state index is 13.9. The molecule has 2 aromatic carbocycles. The van der Waals surface area contributed by atoms with Gasteiger partial charge in [0.05, 0.1) is 6.04 Å². The Labute approximate surface area is 213 Å². The van der Waals surface area contributed by atoms with Gasteiger partial charge in [0, 0.05) is 12.1 Å². The minimum atomic E-state index is -1.04. The highest BCUT2D eigenvalue weighted by atomic mass is 19.1. The topological polar surface area (TPSA) is 144 Å². The first-order valence-corrected chi connectivity index (χ1v) is 11.5. The van der Waals surface area contributed by atoms with E-state index in [1.165, 1.54) is 18.2 Å². The molecule has 0 saturated heterocycles. The van der Waals surface area contributed by atoms with Crippen molar-refractivity contribution in [2.45, 2.75) is 51.7 Å². The maximum Gasteiger partial charge on any atom is 0.407 e. The van der Waals surface area contributed by atoms with Gasteiger partial charge in [-0.1, -0.05) is 12.1 Å². The first kappa shape index (κ1) is 29.1. The summed E-state index contributed by atoms with van der Waals surface area (Å²) in [7, 11) is 0. The molecule has 0 bridgehead atoms. The molecule has 0 spiro atoms. The molecule has 0 aliphatic heterocycles. The number of unbranched alkanes of at least 4 members (excludes halogenated alkanes) is 1. The number of carbonyl (C=O) groups excluding carboxylic acids is 3. The third kappa shape index (κ3) is 10.1. The Morgan fingerprint density at radius 3 is 2.41 bits per heavy atom. The van der Waals surface area contributed by atoms with Gasteiger partial charge in [-0.05, 0) is 70.4 Å². The molecule has 0 aromatic heterocycles. The molecular formula is C25H30F2N5O5+. The van der Waals surface area contributed by atoms with Gasteiger partial charge in [-0.2, -0.15) is 0 Å². The summed E-state index contributed by atoms with van der Waals surface area (Å²) >= 11 is 0. The number of hydrogen-bond donors (Lipinski definition) is 3. The highest BCUT2D eigenvalue weighted by molar-refractivity contribution is 5.98. The lowest BCUT2D eigenvalue weighted by Gasteiger charge is -2.20. The summed E-state index contributed by atoms with van der Waals surface area (Å²) in [5.74, 6) is -3.79. The second-order valence-corrected chi connectivity index (χ2v) is 9.01. The van der Waals surface area contributed by atoms with Gasteiger partial charge in [-0.3, -0.25) is 9.59 Å². The second-order valence-electron chi connectivity index (χ2n) is 9.01. The first-order chi connectivity index (χ1) is 17.5. The summed E-state index contributed by atoms with van der Waals surface area (Å²) in [4.78, 5) is 40.4. The van der Waals surface area contributed by atoms with Crippen molar-refractivity contribution in [3.8, 4) is 5.75 Å². The number of carbonyl (C=O) groups is 3. The van der Waals surface area contributed by atoms with Crippen molar-refractivity contribution in [1.29, 1.82) is 5.53 Å². The van der Waals surface area contributed by atoms with Crippen molar-refractivity contribution in [2.24, 2.45) is 5.11 Å². The van der Waals surface area contributed by atoms with Crippen LogP contribution in [0, 0.1) is 17.2 Å². The Morgan fingerprint density at radius 2 is 1.76 bits per heavy atom. The Balaban J connectivity index is 2.03. The lowest BCUT2D eigenvalue weighted by Crippen LogP contribution is -2.43. The average molecular weight is 519 g/mol. The number of nitrogens with one attached hydrogen (secondary N) is 3. The van der Waals surface area contributed by atoms with E-state index in [2.05, 4.69) is 20.7 Å². The number of ether oxygens (including phenoxy) is 2. The highest BCUT2D eigenvalue weighted by Crippen LogP contribution is 2.21. The van der Waals surface area contributed by atoms with E-state index in [4.69, 9.17) is 15.0 Å². The molecule has 2 rings (SSSR count). The molecule has 3 N–H and O–H groups in total. The van der Waals surface area contributed by atoms with E-state index in [1.807, 2.05) is 0 Å². The molecule has 0 heterocycles. The molecule has 1 atom stereocenters. The van der Waals surface area contributed by atoms with E-state index in [9.17, 15) is 23.2 Å². The van der Waals surface area contributed by atoms with Crippen LogP contribution in [0.2, 0.25) is 0 Å². The quantitative estimate of drug-likeness (QED) is 0.214. The maximum absolute atomic E-state index is 13.9. The number of rotatable bonds is 12. The fourth-order valence-corrected chi connectivity index (χ4v) is 3.16. The van der Waals surface area contributed by atoms with Gasteiger partial charge >= 0.3 is 6.09 Å². The van der Waals surface area contributed by atoms with Gasteiger partial charge < -0.3 is 20.1 Å². The van der Waals surface area contributed by atoms with Crippen LogP contribution in [0.1, 0.15) is 50.4 Å². The smallest absolute Gasteiger partial charge is 0.407 e. The van der Waals surface area contributed by atoms with Gasteiger partial charge in [0.1, 0.15) is 17.7 Å². The third-order valence-corrected chi connectivity index (χ3v) is 4.83. The summed E-state index contributed by atoms with van der Waals surface area (Å²) in [6.45, 7) is 4.83. The Hall–Kier alpha value is -4.18. The molecule has 0 aliphatic rings. The zero-order valence-corrected chi connectivity index (χ0v) is 20.8. The van der Waals surface area contributed by atoms with Crippen LogP contribution in [0.15, 0.2) is 47.6 Å². The molecule has 37 heavy (non-hydrogen) atoms. The van der Waals surface area contributed by atoms with Crippen LogP contribution in [0.4, 0.5) is 19.3 Å². The Bertz CT molecular complexity index is 1140. The largest absolute Gasteiger partial charge is 0.480 e. The molecule has 0 saturated carbocycles. The molecule has 2 aromatic rings. The monoisotopic (exact) mass is 518 g/mol. The molecule has 0 unspecified atom stereocenters. The zero-order valence-electron chi connectivity index (χ0n) is 20.8. The fraction of sp³-hybridized carbons (Fsp3) is 0.400. The van der Waals surface area contributed by atoms with Crippen LogP contribution < -0.4 is 20.3 Å². The van der Waals surface area contributed by atoms with Crippen molar-refractivity contribution in [2.75, 3.05) is 13.2 Å². The standard InChI is InChI=1S/C25H29F2N5O5/c1-25(2,3)37-24(35)29-13-5-4-12-20(21(33)15-36-22-18(26)10-7-11-19(22)27)30-23(34)16-8-6-9-17(14-16)31-32-28/h6-11,14,20,28H,4-5,12-13,15H2,1-3H3,(H-,29,30,34,35)/p+1/t20-/m1/s1. The average Bonchev–Trinajstić information content (AvgIpc) is 2.81. The zero-order chi connectivity index (χ0) is 27.4. The molecule has 12 heteroatoms. The van der Waals surface area contributed by atoms with E-state index < -0.39 is 53.4 Å². The summed E-state index contributed by atoms with van der Waals surface area (Å²) in [6.07, 6.45) is 0.503. The number of halogens is 2. The predicted molar refractivity (Wildman–Crippen MR) is 130 cm³/mol. The second kappa shape index (κ2) is 13.8. The molecule has 2 amide bonds. The summed E-state index contributed by atoms with van der Waals surface area (Å²) in [5, 5.41) is 8.78. The van der Waals surface area contributed by atoms with Crippen LogP contribution >= 0.6 is 0 Å². The van der Waals surface area contributed by atoms with Crippen LogP contribution in [0.25, 0.3) is 0 Å². The molecule has 0 radical (unpaired) electrons. The van der Waals surface area contributed by atoms with Crippen LogP contribution in [-0.2, 0) is 9.53 Å². The molecule has 0 fully saturated rings. The fourth-order valence-electron chi connectivity index (χ4n) is 3.16. The van der Waals surface area contributed by atoms with Gasteiger partial charge in [-0.15, -0.1) is 0 Å². The number of para-hydroxylation sites is 1. The minimum Gasteiger partial charge on any atom is -0.480 e. The Morgan fingerprint density at radius 1 is 1.08 bits per heavy atom. The molecule has 198 valence electrons. The lowest BCUT2D eigenvalue weighted by atomic mass is 10.0. The van der Waals surface area contributed by atoms with Crippen LogP contribution in [0.3, 0.4) is 0 Å². The lowest BCUT2D eigenvalue weighted by molar-refractivity contribution is -0.123. The van der Waals surface area contributed by atoms with Gasteiger partial charge in [0.2, 0.25) is 4.91 Å². The predicted octanol–water partition coefficient (Wildman–Crippen LogP) is 4.59. The number of alkyl carbamates (subject to hydrolysis) is 1. The van der Waals surface area contributed by atoms with Gasteiger partial charge in [0.15, 0.2) is 34.0 Å². The van der Waals surface area contributed by atoms with Crippen molar-refractivity contribution >= 4 is 23.5 Å². The number of Topliss-reactive ketones (excluding diaryl/α,β-unsaturated/α-hetero) is 1. The molecule has 0 aliphatic carbocycles. The molecule has 10 nitrogen and oxygen atoms in total. The van der Waals surface area contributed by atoms with E-state index in [-0.39, 0.29) is 24.2 Å². The summed E-state index contributed by atoms with van der Waals surface area (Å²) in [5.41, 5.74) is 6.64. The van der Waals surface area contributed by atoms with E-state index >= 15 is 0 Å². The van der Waals surface area contributed by atoms with E-state index in [0.717, 1.165) is 12.1 Å². The normalized spacial score (nSPS) is 11.6. The number of nitrogens with zero attached hydrogens (tertiary/aromatic N) is 2. The number of benzene rings is 2. The SMILES string of the molecule is CC(C)(C)OC(=O)NCCCC[C@@H](NC(=O)c1cccc(N=[N+]=N)c1)C(=O)COc1c(F)cccc1F. The van der Waals surface area contributed by atoms with Crippen LogP contribution in [-0.4, -0.2) is 42.6 Å². The van der Waals surface area contributed by atoms with Crippen molar-refractivity contribution < 1.29 is 32.6 Å². The Kier molecular flexibility index (Phi) is 10.8. The van der Waals surface area contributed by atoms with Crippen molar-refractivity contribution in [3.63, 3.8) is 0 Å². The number of hydrogen-bond acceptors (Lipinski definition) is 7. The highest BCUT2D eigenvalue weighted by Gasteiger charge is 2.23. The minimum absolute atomic E-state index is 0.176. The number of amides is 2.